The number of ketones is 1. The summed E-state index contributed by atoms with van der Waals surface area (Å²) in [4.78, 5) is 33.8. The van der Waals surface area contributed by atoms with Gasteiger partial charge in [0.05, 0.1) is 18.2 Å². The number of hydrogen-bond acceptors (Lipinski definition) is 7. The summed E-state index contributed by atoms with van der Waals surface area (Å²) in [6.07, 6.45) is 3.70. The number of rotatable bonds is 10. The monoisotopic (exact) mass is 453 g/mol. The van der Waals surface area contributed by atoms with Gasteiger partial charge in [0.1, 0.15) is 5.76 Å². The number of phenolic OH excluding ortho intramolecular Hbond substituents is 1. The van der Waals surface area contributed by atoms with Gasteiger partial charge in [0.2, 0.25) is 0 Å². The first-order chi connectivity index (χ1) is 15.9. The van der Waals surface area contributed by atoms with Gasteiger partial charge in [-0.05, 0) is 62.8 Å². The topological polar surface area (TPSA) is 103 Å². The van der Waals surface area contributed by atoms with Gasteiger partial charge < -0.3 is 24.7 Å². The Hall–Kier alpha value is -3.39. The molecule has 1 aliphatic heterocycles. The van der Waals surface area contributed by atoms with E-state index in [2.05, 4.69) is 23.7 Å². The van der Waals surface area contributed by atoms with Gasteiger partial charge in [-0.1, -0.05) is 19.9 Å². The maximum atomic E-state index is 13.1. The van der Waals surface area contributed by atoms with E-state index in [4.69, 9.17) is 4.74 Å². The van der Waals surface area contributed by atoms with Gasteiger partial charge in [0.25, 0.3) is 11.7 Å². The lowest BCUT2D eigenvalue weighted by Crippen LogP contribution is -2.33. The molecule has 1 saturated heterocycles. The lowest BCUT2D eigenvalue weighted by molar-refractivity contribution is -0.140. The minimum Gasteiger partial charge on any atom is -0.507 e. The number of aliphatic hydroxyl groups excluding tert-OH is 1. The molecule has 0 radical (unpaired) electrons. The number of pyridine rings is 1. The maximum absolute atomic E-state index is 13.1. The SMILES string of the molecule is CCOc1cc(C2C(=C(O)c3ccncc3)C(=O)C(=O)N2CCCN(CC)CC)ccc1O. The van der Waals surface area contributed by atoms with Gasteiger partial charge in [0.15, 0.2) is 11.5 Å². The van der Waals surface area contributed by atoms with Crippen LogP contribution in [0.15, 0.2) is 48.3 Å². The van der Waals surface area contributed by atoms with Gasteiger partial charge in [-0.2, -0.15) is 0 Å². The van der Waals surface area contributed by atoms with E-state index < -0.39 is 17.7 Å². The molecule has 1 aromatic heterocycles. The Morgan fingerprint density at radius 2 is 1.82 bits per heavy atom. The summed E-state index contributed by atoms with van der Waals surface area (Å²) < 4.78 is 5.52. The quantitative estimate of drug-likeness (QED) is 0.323. The number of carbonyl (C=O) groups excluding carboxylic acids is 2. The minimum absolute atomic E-state index is 0.0159. The molecule has 1 fully saturated rings. The largest absolute Gasteiger partial charge is 0.507 e. The molecule has 8 nitrogen and oxygen atoms in total. The Bertz CT molecular complexity index is 1020. The summed E-state index contributed by atoms with van der Waals surface area (Å²) in [5.41, 5.74) is 0.996. The van der Waals surface area contributed by atoms with Crippen molar-refractivity contribution < 1.29 is 24.5 Å². The van der Waals surface area contributed by atoms with E-state index in [0.717, 1.165) is 19.6 Å². The van der Waals surface area contributed by atoms with Crippen LogP contribution in [0.3, 0.4) is 0 Å². The van der Waals surface area contributed by atoms with Crippen LogP contribution in [0, 0.1) is 0 Å². The molecular formula is C25H31N3O5. The second-order valence-electron chi connectivity index (χ2n) is 7.77. The highest BCUT2D eigenvalue weighted by atomic mass is 16.5. The van der Waals surface area contributed by atoms with Gasteiger partial charge in [-0.3, -0.25) is 14.6 Å². The normalized spacial score (nSPS) is 17.7. The fourth-order valence-corrected chi connectivity index (χ4v) is 4.10. The first kappa shape index (κ1) is 24.3. The number of carbonyl (C=O) groups is 2. The van der Waals surface area contributed by atoms with Crippen LogP contribution in [0.4, 0.5) is 0 Å². The Morgan fingerprint density at radius 3 is 2.45 bits per heavy atom. The van der Waals surface area contributed by atoms with E-state index in [9.17, 15) is 19.8 Å². The molecule has 1 amide bonds. The van der Waals surface area contributed by atoms with Crippen molar-refractivity contribution in [3.05, 3.63) is 59.4 Å². The number of benzene rings is 1. The molecule has 176 valence electrons. The van der Waals surface area contributed by atoms with Gasteiger partial charge >= 0.3 is 0 Å². The number of phenols is 1. The molecule has 0 saturated carbocycles. The van der Waals surface area contributed by atoms with Crippen molar-refractivity contribution in [1.29, 1.82) is 0 Å². The van der Waals surface area contributed by atoms with Crippen molar-refractivity contribution in [2.24, 2.45) is 0 Å². The van der Waals surface area contributed by atoms with Gasteiger partial charge in [-0.25, -0.2) is 0 Å². The highest BCUT2D eigenvalue weighted by Crippen LogP contribution is 2.41. The number of nitrogens with zero attached hydrogens (tertiary/aromatic N) is 3. The van der Waals surface area contributed by atoms with Crippen molar-refractivity contribution in [2.45, 2.75) is 33.2 Å². The van der Waals surface area contributed by atoms with E-state index in [0.29, 0.717) is 30.7 Å². The van der Waals surface area contributed by atoms with Crippen LogP contribution in [-0.4, -0.2) is 69.5 Å². The predicted octanol–water partition coefficient (Wildman–Crippen LogP) is 3.34. The fraction of sp³-hybridized carbons (Fsp3) is 0.400. The molecule has 3 rings (SSSR count). The molecule has 0 aliphatic carbocycles. The molecule has 2 heterocycles. The molecule has 2 N–H and O–H groups in total. The van der Waals surface area contributed by atoms with Crippen LogP contribution in [0.1, 0.15) is 44.4 Å². The number of aromatic nitrogens is 1. The third kappa shape index (κ3) is 5.17. The third-order valence-corrected chi connectivity index (χ3v) is 5.86. The predicted molar refractivity (Wildman–Crippen MR) is 125 cm³/mol. The number of ether oxygens (including phenoxy) is 1. The van der Waals surface area contributed by atoms with Crippen LogP contribution in [0.2, 0.25) is 0 Å². The first-order valence-electron chi connectivity index (χ1n) is 11.3. The number of likely N-dealkylation sites (tertiary alicyclic amines) is 1. The molecule has 1 unspecified atom stereocenters. The number of amides is 1. The zero-order chi connectivity index (χ0) is 24.0. The summed E-state index contributed by atoms with van der Waals surface area (Å²) in [6.45, 7) is 9.24. The smallest absolute Gasteiger partial charge is 0.295 e. The van der Waals surface area contributed by atoms with Crippen molar-refractivity contribution >= 4 is 17.4 Å². The van der Waals surface area contributed by atoms with Crippen molar-refractivity contribution in [3.8, 4) is 11.5 Å². The molecule has 1 atom stereocenters. The Morgan fingerprint density at radius 1 is 1.12 bits per heavy atom. The average Bonchev–Trinajstić information content (AvgIpc) is 3.08. The number of aromatic hydroxyl groups is 1. The van der Waals surface area contributed by atoms with E-state index in [1.54, 1.807) is 31.2 Å². The van der Waals surface area contributed by atoms with Crippen LogP contribution in [-0.2, 0) is 9.59 Å². The van der Waals surface area contributed by atoms with Crippen molar-refractivity contribution in [1.82, 2.24) is 14.8 Å². The molecule has 2 aromatic rings. The third-order valence-electron chi connectivity index (χ3n) is 5.86. The highest BCUT2D eigenvalue weighted by Gasteiger charge is 2.46. The molecule has 33 heavy (non-hydrogen) atoms. The summed E-state index contributed by atoms with van der Waals surface area (Å²) >= 11 is 0. The molecule has 1 aliphatic rings. The van der Waals surface area contributed by atoms with Crippen molar-refractivity contribution in [3.63, 3.8) is 0 Å². The number of aliphatic hydroxyl groups is 1. The maximum Gasteiger partial charge on any atom is 0.295 e. The zero-order valence-electron chi connectivity index (χ0n) is 19.3. The number of Topliss-reactive ketones (excluding diaryl/α,β-unsaturated/α-hetero) is 1. The van der Waals surface area contributed by atoms with E-state index in [-0.39, 0.29) is 22.8 Å². The Balaban J connectivity index is 2.06. The Kier molecular flexibility index (Phi) is 8.06. The minimum atomic E-state index is -0.797. The number of hydrogen-bond donors (Lipinski definition) is 2. The zero-order valence-corrected chi connectivity index (χ0v) is 19.3. The van der Waals surface area contributed by atoms with E-state index in [1.165, 1.54) is 23.4 Å². The molecule has 1 aromatic carbocycles. The summed E-state index contributed by atoms with van der Waals surface area (Å²) in [6, 6.07) is 7.11. The molecular weight excluding hydrogens is 422 g/mol. The fourth-order valence-electron chi connectivity index (χ4n) is 4.10. The molecule has 0 spiro atoms. The van der Waals surface area contributed by atoms with E-state index >= 15 is 0 Å². The highest BCUT2D eigenvalue weighted by molar-refractivity contribution is 6.46. The standard InChI is InChI=1S/C25H31N3O5/c1-4-27(5-2)14-7-15-28-22(18-8-9-19(29)20(16-18)33-6-3)21(24(31)25(28)32)23(30)17-10-12-26-13-11-17/h8-13,16,22,29-30H,4-7,14-15H2,1-3H3. The van der Waals surface area contributed by atoms with Crippen LogP contribution in [0.25, 0.3) is 5.76 Å². The van der Waals surface area contributed by atoms with Gasteiger partial charge in [-0.15, -0.1) is 0 Å². The van der Waals surface area contributed by atoms with Crippen LogP contribution < -0.4 is 4.74 Å². The lowest BCUT2D eigenvalue weighted by atomic mass is 9.95. The van der Waals surface area contributed by atoms with Crippen LogP contribution in [0.5, 0.6) is 11.5 Å². The van der Waals surface area contributed by atoms with E-state index in [1.807, 2.05) is 0 Å². The summed E-state index contributed by atoms with van der Waals surface area (Å²) in [5, 5.41) is 21.2. The van der Waals surface area contributed by atoms with Crippen molar-refractivity contribution in [2.75, 3.05) is 32.8 Å². The molecule has 0 bridgehead atoms. The Labute approximate surface area is 194 Å². The second kappa shape index (κ2) is 11.0. The van der Waals surface area contributed by atoms with Gasteiger partial charge in [0, 0.05) is 24.5 Å². The first-order valence-corrected chi connectivity index (χ1v) is 11.3. The summed E-state index contributed by atoms with van der Waals surface area (Å²) in [7, 11) is 0. The molecule has 8 heteroatoms. The lowest BCUT2D eigenvalue weighted by Gasteiger charge is -2.27. The average molecular weight is 454 g/mol. The second-order valence-corrected chi connectivity index (χ2v) is 7.77. The van der Waals surface area contributed by atoms with Crippen LogP contribution >= 0.6 is 0 Å². The summed E-state index contributed by atoms with van der Waals surface area (Å²) in [5.74, 6) is -1.41.